The van der Waals surface area contributed by atoms with Crippen molar-refractivity contribution in [3.8, 4) is 0 Å². The second kappa shape index (κ2) is 15.2. The highest BCUT2D eigenvalue weighted by molar-refractivity contribution is 7.57. The molecule has 4 atom stereocenters. The van der Waals surface area contributed by atoms with E-state index in [1.165, 1.54) is 0 Å². The monoisotopic (exact) mass is 664 g/mol. The van der Waals surface area contributed by atoms with Gasteiger partial charge in [-0.1, -0.05) is 0 Å². The molecule has 1 aliphatic rings. The standard InChI is InChI=1S/C16H36N4O16P4/c21-13(22)9-11(37(25,26)27)15(39(31,32)33)19-5-3-17-1-2-18-4-6-20(8-7-19)16(40(34,35)36)12(10-14(23)24)38(28,29)30/h11-12,15-18H,1-10H2,(H,21,22)(H,23,24)(H2,25,26,27)(H2,28,29,30)(H2,31,32,33)(H2,34,35,36). The molecule has 1 rings (SSSR count). The Hall–Kier alpha value is -0.620. The van der Waals surface area contributed by atoms with Crippen molar-refractivity contribution in [2.24, 2.45) is 0 Å². The third kappa shape index (κ3) is 12.3. The van der Waals surface area contributed by atoms with Gasteiger partial charge in [0.1, 0.15) is 11.6 Å². The zero-order valence-corrected chi connectivity index (χ0v) is 24.6. The maximum Gasteiger partial charge on any atom is 0.343 e. The smallest absolute Gasteiger partial charge is 0.343 e. The number of carbonyl (C=O) groups is 2. The fraction of sp³-hybridized carbons (Fsp3) is 0.875. The van der Waals surface area contributed by atoms with Gasteiger partial charge in [0.05, 0.1) is 24.2 Å². The molecule has 0 aliphatic carbocycles. The van der Waals surface area contributed by atoms with Crippen LogP contribution in [0, 0.1) is 0 Å². The van der Waals surface area contributed by atoms with Crippen LogP contribution in [0.25, 0.3) is 0 Å². The molecule has 1 fully saturated rings. The second-order valence-corrected chi connectivity index (χ2v) is 16.2. The molecule has 0 bridgehead atoms. The first-order valence-corrected chi connectivity index (χ1v) is 18.3. The van der Waals surface area contributed by atoms with Crippen molar-refractivity contribution in [3.63, 3.8) is 0 Å². The van der Waals surface area contributed by atoms with Crippen LogP contribution in [-0.4, -0.2) is 146 Å². The maximum absolute atomic E-state index is 12.5. The van der Waals surface area contributed by atoms with Crippen LogP contribution in [-0.2, 0) is 27.8 Å². The van der Waals surface area contributed by atoms with E-state index in [1.807, 2.05) is 0 Å². The summed E-state index contributed by atoms with van der Waals surface area (Å²) in [6.07, 6.45) is -2.69. The molecule has 1 heterocycles. The summed E-state index contributed by atoms with van der Waals surface area (Å²) >= 11 is 0. The lowest BCUT2D eigenvalue weighted by Gasteiger charge is -2.41. The highest BCUT2D eigenvalue weighted by Gasteiger charge is 2.51. The Balaban J connectivity index is 3.66. The average Bonchev–Trinajstić information content (AvgIpc) is 2.72. The van der Waals surface area contributed by atoms with Gasteiger partial charge in [0, 0.05) is 52.4 Å². The summed E-state index contributed by atoms with van der Waals surface area (Å²) < 4.78 is 49.3. The normalized spacial score (nSPS) is 21.4. The molecule has 12 N–H and O–H groups in total. The zero-order chi connectivity index (χ0) is 31.1. The third-order valence-corrected chi connectivity index (χ3v) is 11.9. The first-order valence-electron chi connectivity index (χ1n) is 11.6. The van der Waals surface area contributed by atoms with Crippen LogP contribution in [0.2, 0.25) is 0 Å². The van der Waals surface area contributed by atoms with Crippen molar-refractivity contribution in [2.45, 2.75) is 35.7 Å². The molecule has 236 valence electrons. The molecule has 0 saturated carbocycles. The van der Waals surface area contributed by atoms with Gasteiger partial charge in [-0.25, -0.2) is 0 Å². The molecule has 1 saturated heterocycles. The lowest BCUT2D eigenvalue weighted by molar-refractivity contribution is -0.138. The summed E-state index contributed by atoms with van der Waals surface area (Å²) in [5, 5.41) is 24.2. The highest BCUT2D eigenvalue weighted by Crippen LogP contribution is 2.58. The van der Waals surface area contributed by atoms with Crippen molar-refractivity contribution in [1.82, 2.24) is 20.4 Å². The van der Waals surface area contributed by atoms with Crippen molar-refractivity contribution >= 4 is 42.3 Å². The molecule has 24 heteroatoms. The number of aliphatic carboxylic acids is 2. The summed E-state index contributed by atoms with van der Waals surface area (Å²) in [5.74, 6) is -8.29. The summed E-state index contributed by atoms with van der Waals surface area (Å²) in [4.78, 5) is 104. The molecule has 0 aromatic heterocycles. The molecular formula is C16H36N4O16P4. The summed E-state index contributed by atoms with van der Waals surface area (Å²) in [5.41, 5.74) is -4.80. The first-order chi connectivity index (χ1) is 18.1. The van der Waals surface area contributed by atoms with Gasteiger partial charge in [0.2, 0.25) is 0 Å². The van der Waals surface area contributed by atoms with E-state index in [9.17, 15) is 77.2 Å². The average molecular weight is 664 g/mol. The predicted molar refractivity (Wildman–Crippen MR) is 137 cm³/mol. The Labute approximate surface area is 228 Å². The van der Waals surface area contributed by atoms with E-state index in [4.69, 9.17) is 0 Å². The van der Waals surface area contributed by atoms with Crippen LogP contribution in [0.3, 0.4) is 0 Å². The van der Waals surface area contributed by atoms with E-state index < -0.39 is 91.1 Å². The van der Waals surface area contributed by atoms with Gasteiger partial charge >= 0.3 is 42.3 Å². The van der Waals surface area contributed by atoms with Crippen LogP contribution in [0.4, 0.5) is 0 Å². The Morgan fingerprint density at radius 3 is 1.07 bits per heavy atom. The molecule has 0 aromatic carbocycles. The van der Waals surface area contributed by atoms with Gasteiger partial charge in [-0.2, -0.15) is 0 Å². The van der Waals surface area contributed by atoms with Crippen molar-refractivity contribution < 1.29 is 77.2 Å². The van der Waals surface area contributed by atoms with Gasteiger partial charge in [-0.05, 0) is 0 Å². The molecule has 0 spiro atoms. The van der Waals surface area contributed by atoms with E-state index >= 15 is 0 Å². The number of hydrogen-bond donors (Lipinski definition) is 12. The van der Waals surface area contributed by atoms with Gasteiger partial charge in [0.15, 0.2) is 0 Å². The number of carboxylic acids is 2. The van der Waals surface area contributed by atoms with E-state index in [0.29, 0.717) is 0 Å². The molecule has 0 radical (unpaired) electrons. The van der Waals surface area contributed by atoms with Crippen LogP contribution in [0.5, 0.6) is 0 Å². The fourth-order valence-electron chi connectivity index (χ4n) is 4.40. The van der Waals surface area contributed by atoms with E-state index in [-0.39, 0.29) is 39.3 Å². The largest absolute Gasteiger partial charge is 0.481 e. The minimum absolute atomic E-state index is 0.0365. The summed E-state index contributed by atoms with van der Waals surface area (Å²) in [6.45, 7) is -1.55. The third-order valence-electron chi connectivity index (χ3n) is 6.06. The van der Waals surface area contributed by atoms with Gasteiger partial charge in [0.25, 0.3) is 0 Å². The van der Waals surface area contributed by atoms with Crippen LogP contribution in [0.15, 0.2) is 0 Å². The molecule has 1 aliphatic heterocycles. The SMILES string of the molecule is O=C(O)CC(C(N1CCNCCNCCN(C(C(CC(=O)O)P(=O)(O)O)P(=O)(O)O)CC1)P(=O)(O)O)P(=O)(O)O. The van der Waals surface area contributed by atoms with E-state index in [0.717, 1.165) is 9.80 Å². The number of rotatable bonds is 12. The molecule has 4 unspecified atom stereocenters. The Morgan fingerprint density at radius 1 is 0.550 bits per heavy atom. The second-order valence-electron chi connectivity index (χ2n) is 9.09. The van der Waals surface area contributed by atoms with E-state index in [1.54, 1.807) is 0 Å². The molecule has 0 aromatic rings. The van der Waals surface area contributed by atoms with E-state index in [2.05, 4.69) is 10.6 Å². The fourth-order valence-corrected chi connectivity index (χ4v) is 10.8. The number of nitrogens with one attached hydrogen (secondary N) is 2. The number of hydrogen-bond acceptors (Lipinski definition) is 10. The maximum atomic E-state index is 12.5. The van der Waals surface area contributed by atoms with Gasteiger partial charge in [-0.15, -0.1) is 0 Å². The van der Waals surface area contributed by atoms with Crippen LogP contribution < -0.4 is 10.6 Å². The topological polar surface area (TPSA) is 335 Å². The summed E-state index contributed by atoms with van der Waals surface area (Å²) in [7, 11) is -22.0. The van der Waals surface area contributed by atoms with Gasteiger partial charge < -0.3 is 60.0 Å². The number of carboxylic acid groups (broad SMARTS) is 2. The molecular weight excluding hydrogens is 628 g/mol. The Morgan fingerprint density at radius 2 is 0.850 bits per heavy atom. The summed E-state index contributed by atoms with van der Waals surface area (Å²) in [6, 6.07) is 0. The number of nitrogens with zero attached hydrogens (tertiary/aromatic N) is 2. The molecule has 40 heavy (non-hydrogen) atoms. The molecule has 20 nitrogen and oxygen atoms in total. The minimum Gasteiger partial charge on any atom is -0.481 e. The van der Waals surface area contributed by atoms with Crippen LogP contribution >= 0.6 is 30.4 Å². The van der Waals surface area contributed by atoms with Crippen molar-refractivity contribution in [2.75, 3.05) is 52.4 Å². The Bertz CT molecular complexity index is 974. The first kappa shape index (κ1) is 37.4. The Kier molecular flexibility index (Phi) is 14.2. The van der Waals surface area contributed by atoms with Crippen LogP contribution in [0.1, 0.15) is 12.8 Å². The predicted octanol–water partition coefficient (Wildman–Crippen LogP) is -3.17. The highest BCUT2D eigenvalue weighted by atomic mass is 31.2. The van der Waals surface area contributed by atoms with Crippen molar-refractivity contribution in [3.05, 3.63) is 0 Å². The van der Waals surface area contributed by atoms with Crippen molar-refractivity contribution in [1.29, 1.82) is 0 Å². The minimum atomic E-state index is -5.52. The molecule has 0 amide bonds. The van der Waals surface area contributed by atoms with Gasteiger partial charge in [-0.3, -0.25) is 37.6 Å². The quantitative estimate of drug-likeness (QED) is 0.0915. The zero-order valence-electron chi connectivity index (χ0n) is 21.0. The lowest BCUT2D eigenvalue weighted by Crippen LogP contribution is -2.53. The lowest BCUT2D eigenvalue weighted by atomic mass is 10.2.